The van der Waals surface area contributed by atoms with E-state index in [1.165, 1.54) is 33.5 Å². The van der Waals surface area contributed by atoms with E-state index >= 15 is 0 Å². The number of ether oxygens (including phenoxy) is 4. The Balaban J connectivity index is 1.96. The molecule has 0 saturated carbocycles. The van der Waals surface area contributed by atoms with Gasteiger partial charge in [0.25, 0.3) is 5.91 Å². The Bertz CT molecular complexity index is 667. The summed E-state index contributed by atoms with van der Waals surface area (Å²) in [7, 11) is 4.35. The average Bonchev–Trinajstić information content (AvgIpc) is 2.76. The van der Waals surface area contributed by atoms with Gasteiger partial charge < -0.3 is 34.7 Å². The monoisotopic (exact) mass is 411 g/mol. The molecule has 0 radical (unpaired) electrons. The van der Waals surface area contributed by atoms with Crippen molar-refractivity contribution in [2.45, 2.75) is 6.04 Å². The molecule has 1 atom stereocenters. The number of amides is 2. The molecule has 1 aliphatic heterocycles. The summed E-state index contributed by atoms with van der Waals surface area (Å²) < 4.78 is 21.0. The van der Waals surface area contributed by atoms with Crippen LogP contribution in [-0.4, -0.2) is 95.2 Å². The van der Waals surface area contributed by atoms with Crippen LogP contribution in [0.15, 0.2) is 12.1 Å². The first-order valence-corrected chi connectivity index (χ1v) is 9.33. The Kier molecular flexibility index (Phi) is 8.97. The van der Waals surface area contributed by atoms with Crippen molar-refractivity contribution in [1.29, 1.82) is 0 Å². The van der Waals surface area contributed by atoms with E-state index in [2.05, 4.69) is 15.5 Å². The summed E-state index contributed by atoms with van der Waals surface area (Å²) in [6, 6.07) is 1.87. The first-order valence-electron chi connectivity index (χ1n) is 9.33. The van der Waals surface area contributed by atoms with Crippen LogP contribution in [0.2, 0.25) is 0 Å². The van der Waals surface area contributed by atoms with Crippen LogP contribution in [-0.2, 0) is 9.53 Å². The minimum atomic E-state index is -1.08. The third kappa shape index (κ3) is 6.21. The predicted octanol–water partition coefficient (Wildman–Crippen LogP) is -0.748. The zero-order valence-corrected chi connectivity index (χ0v) is 17.0. The maximum Gasteiger partial charge on any atom is 0.252 e. The van der Waals surface area contributed by atoms with Crippen molar-refractivity contribution in [3.63, 3.8) is 0 Å². The van der Waals surface area contributed by atoms with Crippen molar-refractivity contribution < 1.29 is 33.6 Å². The lowest BCUT2D eigenvalue weighted by Gasteiger charge is -2.26. The number of rotatable bonds is 10. The van der Waals surface area contributed by atoms with Gasteiger partial charge >= 0.3 is 0 Å². The van der Waals surface area contributed by atoms with E-state index in [1.807, 2.05) is 0 Å². The molecule has 1 aliphatic rings. The van der Waals surface area contributed by atoms with Crippen LogP contribution in [0.1, 0.15) is 10.4 Å². The largest absolute Gasteiger partial charge is 0.493 e. The predicted molar refractivity (Wildman–Crippen MR) is 105 cm³/mol. The lowest BCUT2D eigenvalue weighted by molar-refractivity contribution is -0.123. The van der Waals surface area contributed by atoms with Gasteiger partial charge in [0.15, 0.2) is 11.5 Å². The lowest BCUT2D eigenvalue weighted by Crippen LogP contribution is -2.50. The van der Waals surface area contributed by atoms with Gasteiger partial charge in [-0.2, -0.15) is 0 Å². The van der Waals surface area contributed by atoms with Gasteiger partial charge in [-0.3, -0.25) is 14.5 Å². The molecule has 2 rings (SSSR count). The van der Waals surface area contributed by atoms with Crippen molar-refractivity contribution in [2.24, 2.45) is 0 Å². The van der Waals surface area contributed by atoms with Crippen LogP contribution >= 0.6 is 0 Å². The summed E-state index contributed by atoms with van der Waals surface area (Å²) in [6.07, 6.45) is 0. The van der Waals surface area contributed by atoms with Crippen LogP contribution in [0.5, 0.6) is 17.2 Å². The standard InChI is InChI=1S/C19H29N3O7/c1-26-15-10-13(11-16(27-2)17(15)28-3)18(24)21-14(12-23)19(25)20-4-5-22-6-8-29-9-7-22/h10-11,14,23H,4-9,12H2,1-3H3,(H,20,25)(H,21,24)/t14-/m0/s1. The maximum absolute atomic E-state index is 12.6. The number of benzene rings is 1. The molecule has 1 aromatic carbocycles. The molecule has 0 spiro atoms. The Morgan fingerprint density at radius 3 is 2.28 bits per heavy atom. The topological polar surface area (TPSA) is 119 Å². The quantitative estimate of drug-likeness (QED) is 0.460. The van der Waals surface area contributed by atoms with Crippen LogP contribution < -0.4 is 24.8 Å². The molecule has 162 valence electrons. The van der Waals surface area contributed by atoms with Gasteiger partial charge in [0, 0.05) is 31.7 Å². The lowest BCUT2D eigenvalue weighted by atomic mass is 10.1. The van der Waals surface area contributed by atoms with E-state index in [1.54, 1.807) is 0 Å². The second-order valence-corrected chi connectivity index (χ2v) is 6.37. The van der Waals surface area contributed by atoms with E-state index in [4.69, 9.17) is 18.9 Å². The third-order valence-electron chi connectivity index (χ3n) is 4.56. The fourth-order valence-corrected chi connectivity index (χ4v) is 2.93. The SMILES string of the molecule is COc1cc(C(=O)N[C@@H](CO)C(=O)NCCN2CCOCC2)cc(OC)c1OC. The molecule has 0 unspecified atom stereocenters. The van der Waals surface area contributed by atoms with Crippen LogP contribution in [0.3, 0.4) is 0 Å². The second kappa shape index (κ2) is 11.4. The van der Waals surface area contributed by atoms with E-state index in [-0.39, 0.29) is 5.56 Å². The number of morpholine rings is 1. The second-order valence-electron chi connectivity index (χ2n) is 6.37. The molecule has 3 N–H and O–H groups in total. The Labute approximate surface area is 170 Å². The average molecular weight is 411 g/mol. The zero-order valence-electron chi connectivity index (χ0n) is 17.0. The van der Waals surface area contributed by atoms with E-state index < -0.39 is 24.5 Å². The highest BCUT2D eigenvalue weighted by molar-refractivity contribution is 5.98. The first kappa shape index (κ1) is 22.7. The number of aliphatic hydroxyl groups excluding tert-OH is 1. The zero-order chi connectivity index (χ0) is 21.2. The minimum Gasteiger partial charge on any atom is -0.493 e. The van der Waals surface area contributed by atoms with Crippen molar-refractivity contribution >= 4 is 11.8 Å². The maximum atomic E-state index is 12.6. The Morgan fingerprint density at radius 1 is 1.14 bits per heavy atom. The molecule has 10 nitrogen and oxygen atoms in total. The summed E-state index contributed by atoms with van der Waals surface area (Å²) in [6.45, 7) is 3.55. The molecule has 1 aromatic rings. The molecule has 0 aliphatic carbocycles. The van der Waals surface area contributed by atoms with Crippen LogP contribution in [0.4, 0.5) is 0 Å². The Hall–Kier alpha value is -2.56. The Morgan fingerprint density at radius 2 is 1.76 bits per heavy atom. The molecular weight excluding hydrogens is 382 g/mol. The number of aliphatic hydroxyl groups is 1. The fraction of sp³-hybridized carbons (Fsp3) is 0.579. The van der Waals surface area contributed by atoms with Crippen molar-refractivity contribution in [1.82, 2.24) is 15.5 Å². The minimum absolute atomic E-state index is 0.207. The molecule has 2 amide bonds. The molecule has 10 heteroatoms. The highest BCUT2D eigenvalue weighted by Crippen LogP contribution is 2.38. The molecule has 1 heterocycles. The highest BCUT2D eigenvalue weighted by atomic mass is 16.5. The number of carbonyl (C=O) groups excluding carboxylic acids is 2. The summed E-state index contributed by atoms with van der Waals surface area (Å²) >= 11 is 0. The van der Waals surface area contributed by atoms with Crippen molar-refractivity contribution in [3.05, 3.63) is 17.7 Å². The van der Waals surface area contributed by atoms with Crippen LogP contribution in [0.25, 0.3) is 0 Å². The fourth-order valence-electron chi connectivity index (χ4n) is 2.93. The number of nitrogens with one attached hydrogen (secondary N) is 2. The number of nitrogens with zero attached hydrogens (tertiary/aromatic N) is 1. The molecular formula is C19H29N3O7. The van der Waals surface area contributed by atoms with Gasteiger partial charge in [0.2, 0.25) is 11.7 Å². The molecule has 29 heavy (non-hydrogen) atoms. The van der Waals surface area contributed by atoms with Gasteiger partial charge in [-0.1, -0.05) is 0 Å². The van der Waals surface area contributed by atoms with Crippen LogP contribution in [0, 0.1) is 0 Å². The van der Waals surface area contributed by atoms with E-state index in [0.29, 0.717) is 43.6 Å². The van der Waals surface area contributed by atoms with E-state index in [9.17, 15) is 14.7 Å². The van der Waals surface area contributed by atoms with Gasteiger partial charge in [0.05, 0.1) is 41.2 Å². The van der Waals surface area contributed by atoms with Gasteiger partial charge in [0.1, 0.15) is 6.04 Å². The number of carbonyl (C=O) groups is 2. The summed E-state index contributed by atoms with van der Waals surface area (Å²) in [4.78, 5) is 27.1. The van der Waals surface area contributed by atoms with Gasteiger partial charge in [-0.15, -0.1) is 0 Å². The van der Waals surface area contributed by atoms with E-state index in [0.717, 1.165) is 13.1 Å². The molecule has 1 saturated heterocycles. The first-order chi connectivity index (χ1) is 14.0. The van der Waals surface area contributed by atoms with Gasteiger partial charge in [-0.05, 0) is 12.1 Å². The van der Waals surface area contributed by atoms with Gasteiger partial charge in [-0.25, -0.2) is 0 Å². The third-order valence-corrected chi connectivity index (χ3v) is 4.56. The van der Waals surface area contributed by atoms with Crippen molar-refractivity contribution in [2.75, 3.05) is 67.3 Å². The summed E-state index contributed by atoms with van der Waals surface area (Å²) in [5, 5.41) is 14.8. The molecule has 0 aromatic heterocycles. The normalized spacial score (nSPS) is 15.3. The number of methoxy groups -OCH3 is 3. The van der Waals surface area contributed by atoms with Crippen molar-refractivity contribution in [3.8, 4) is 17.2 Å². The summed E-state index contributed by atoms with van der Waals surface area (Å²) in [5.74, 6) is -0.0284. The highest BCUT2D eigenvalue weighted by Gasteiger charge is 2.23. The molecule has 1 fully saturated rings. The smallest absolute Gasteiger partial charge is 0.252 e. The number of hydrogen-bond donors (Lipinski definition) is 3. The number of hydrogen-bond acceptors (Lipinski definition) is 8. The summed E-state index contributed by atoms with van der Waals surface area (Å²) in [5.41, 5.74) is 0.207. The molecule has 0 bridgehead atoms.